The molecule has 10 aromatic rings. The summed E-state index contributed by atoms with van der Waals surface area (Å²) in [5, 5.41) is 10.1. The van der Waals surface area contributed by atoms with Gasteiger partial charge in [0.25, 0.3) is 0 Å². The van der Waals surface area contributed by atoms with Crippen LogP contribution in [0.3, 0.4) is 0 Å². The molecule has 0 aliphatic rings. The van der Waals surface area contributed by atoms with Gasteiger partial charge in [0.15, 0.2) is 0 Å². The number of rotatable bonds is 5. The molecule has 10 rings (SSSR count). The van der Waals surface area contributed by atoms with E-state index in [0.717, 1.165) is 22.7 Å². The summed E-state index contributed by atoms with van der Waals surface area (Å²) in [5.74, 6) is 0. The molecule has 0 aliphatic carbocycles. The molecule has 2 nitrogen and oxygen atoms in total. The van der Waals surface area contributed by atoms with Crippen LogP contribution < -0.4 is 4.90 Å². The smallest absolute Gasteiger partial charge is 0.0562 e. The zero-order valence-corrected chi connectivity index (χ0v) is 27.4. The molecule has 0 amide bonds. The van der Waals surface area contributed by atoms with E-state index in [4.69, 9.17) is 0 Å². The number of hydrogen-bond acceptors (Lipinski definition) is 1. The van der Waals surface area contributed by atoms with Gasteiger partial charge in [0.05, 0.1) is 16.7 Å². The number of benzene rings is 9. The molecule has 0 saturated heterocycles. The fraction of sp³-hybridized carbons (Fsp3) is 0. The molecule has 234 valence electrons. The van der Waals surface area contributed by atoms with Crippen molar-refractivity contribution in [1.29, 1.82) is 0 Å². The predicted molar refractivity (Wildman–Crippen MR) is 213 cm³/mol. The van der Waals surface area contributed by atoms with Crippen LogP contribution in [0.25, 0.3) is 70.9 Å². The molecule has 0 saturated carbocycles. The maximum atomic E-state index is 2.40. The van der Waals surface area contributed by atoms with Crippen LogP contribution in [0.1, 0.15) is 0 Å². The van der Waals surface area contributed by atoms with Gasteiger partial charge in [-0.05, 0) is 104 Å². The SMILES string of the molecule is c1ccc(N(c2ccc(-c3cc4c5ccccc5ccc4c4ccccc34)cc2)c2cccc3c2c2ccccc2n3-c2ccccc2)cc1. The lowest BCUT2D eigenvalue weighted by Gasteiger charge is -2.27. The Morgan fingerprint density at radius 3 is 1.76 bits per heavy atom. The van der Waals surface area contributed by atoms with Crippen molar-refractivity contribution in [2.24, 2.45) is 0 Å². The number of aromatic nitrogens is 1. The second-order valence-corrected chi connectivity index (χ2v) is 12.9. The van der Waals surface area contributed by atoms with Gasteiger partial charge in [-0.25, -0.2) is 0 Å². The van der Waals surface area contributed by atoms with Gasteiger partial charge in [0.1, 0.15) is 0 Å². The van der Waals surface area contributed by atoms with E-state index in [1.165, 1.54) is 65.3 Å². The highest BCUT2D eigenvalue weighted by Gasteiger charge is 2.21. The lowest BCUT2D eigenvalue weighted by Crippen LogP contribution is -2.10. The lowest BCUT2D eigenvalue weighted by molar-refractivity contribution is 1.18. The Morgan fingerprint density at radius 2 is 0.960 bits per heavy atom. The Hall–Kier alpha value is -6.64. The number of anilines is 3. The van der Waals surface area contributed by atoms with Crippen molar-refractivity contribution >= 4 is 71.2 Å². The minimum Gasteiger partial charge on any atom is -0.310 e. The molecular weight excluding hydrogens is 605 g/mol. The summed E-state index contributed by atoms with van der Waals surface area (Å²) in [5.41, 5.74) is 9.35. The van der Waals surface area contributed by atoms with Crippen molar-refractivity contribution in [3.05, 3.63) is 194 Å². The van der Waals surface area contributed by atoms with Crippen LogP contribution in [-0.2, 0) is 0 Å². The van der Waals surface area contributed by atoms with Gasteiger partial charge in [0, 0.05) is 27.8 Å². The lowest BCUT2D eigenvalue weighted by atomic mass is 9.91. The van der Waals surface area contributed by atoms with Crippen LogP contribution in [0.5, 0.6) is 0 Å². The topological polar surface area (TPSA) is 8.17 Å². The fourth-order valence-corrected chi connectivity index (χ4v) is 7.94. The maximum absolute atomic E-state index is 2.40. The first kappa shape index (κ1) is 28.4. The summed E-state index contributed by atoms with van der Waals surface area (Å²) >= 11 is 0. The first-order chi connectivity index (χ1) is 24.8. The first-order valence-electron chi connectivity index (χ1n) is 17.2. The Kier molecular flexibility index (Phi) is 6.53. The van der Waals surface area contributed by atoms with Gasteiger partial charge >= 0.3 is 0 Å². The molecular formula is C48H32N2. The van der Waals surface area contributed by atoms with E-state index in [2.05, 4.69) is 204 Å². The van der Waals surface area contributed by atoms with Crippen LogP contribution in [0.15, 0.2) is 194 Å². The average Bonchev–Trinajstić information content (AvgIpc) is 3.54. The normalized spacial score (nSPS) is 11.6. The molecule has 2 heteroatoms. The maximum Gasteiger partial charge on any atom is 0.0562 e. The Balaban J connectivity index is 1.18. The summed E-state index contributed by atoms with van der Waals surface area (Å²) in [4.78, 5) is 2.40. The molecule has 0 bridgehead atoms. The third-order valence-corrected chi connectivity index (χ3v) is 10.1. The van der Waals surface area contributed by atoms with Gasteiger partial charge in [0.2, 0.25) is 0 Å². The number of hydrogen-bond donors (Lipinski definition) is 0. The molecule has 0 atom stereocenters. The van der Waals surface area contributed by atoms with E-state index in [1.807, 2.05) is 0 Å². The molecule has 0 unspecified atom stereocenters. The zero-order valence-electron chi connectivity index (χ0n) is 27.4. The van der Waals surface area contributed by atoms with Crippen molar-refractivity contribution in [1.82, 2.24) is 4.57 Å². The zero-order chi connectivity index (χ0) is 33.0. The summed E-state index contributed by atoms with van der Waals surface area (Å²) < 4.78 is 2.38. The van der Waals surface area contributed by atoms with Crippen molar-refractivity contribution in [2.45, 2.75) is 0 Å². The molecule has 0 fully saturated rings. The summed E-state index contributed by atoms with van der Waals surface area (Å²) in [6.07, 6.45) is 0. The van der Waals surface area contributed by atoms with E-state index < -0.39 is 0 Å². The van der Waals surface area contributed by atoms with Crippen molar-refractivity contribution in [3.63, 3.8) is 0 Å². The van der Waals surface area contributed by atoms with Crippen LogP contribution in [0.2, 0.25) is 0 Å². The van der Waals surface area contributed by atoms with E-state index in [0.29, 0.717) is 0 Å². The van der Waals surface area contributed by atoms with E-state index in [1.54, 1.807) is 0 Å². The highest BCUT2D eigenvalue weighted by atomic mass is 15.1. The Morgan fingerprint density at radius 1 is 0.360 bits per heavy atom. The Labute approximate surface area is 290 Å². The molecule has 0 aliphatic heterocycles. The quantitative estimate of drug-likeness (QED) is 0.171. The third-order valence-electron chi connectivity index (χ3n) is 10.1. The second-order valence-electron chi connectivity index (χ2n) is 12.9. The van der Waals surface area contributed by atoms with E-state index >= 15 is 0 Å². The van der Waals surface area contributed by atoms with Crippen molar-refractivity contribution < 1.29 is 0 Å². The summed E-state index contributed by atoms with van der Waals surface area (Å²) in [6.45, 7) is 0. The highest BCUT2D eigenvalue weighted by molar-refractivity contribution is 6.21. The van der Waals surface area contributed by atoms with Gasteiger partial charge in [-0.15, -0.1) is 0 Å². The minimum absolute atomic E-state index is 1.11. The van der Waals surface area contributed by atoms with Gasteiger partial charge < -0.3 is 9.47 Å². The largest absolute Gasteiger partial charge is 0.310 e. The van der Waals surface area contributed by atoms with Gasteiger partial charge in [-0.1, -0.05) is 133 Å². The third kappa shape index (κ3) is 4.43. The summed E-state index contributed by atoms with van der Waals surface area (Å²) in [6, 6.07) is 70.4. The van der Waals surface area contributed by atoms with Gasteiger partial charge in [-0.2, -0.15) is 0 Å². The van der Waals surface area contributed by atoms with Crippen LogP contribution >= 0.6 is 0 Å². The van der Waals surface area contributed by atoms with Crippen molar-refractivity contribution in [3.8, 4) is 16.8 Å². The Bertz CT molecular complexity index is 2850. The number of fused-ring (bicyclic) bond motifs is 8. The first-order valence-corrected chi connectivity index (χ1v) is 17.2. The average molecular weight is 637 g/mol. The molecule has 1 aromatic heterocycles. The van der Waals surface area contributed by atoms with Gasteiger partial charge in [-0.3, -0.25) is 0 Å². The van der Waals surface area contributed by atoms with E-state index in [-0.39, 0.29) is 0 Å². The highest BCUT2D eigenvalue weighted by Crippen LogP contribution is 2.45. The molecule has 0 spiro atoms. The molecule has 50 heavy (non-hydrogen) atoms. The molecule has 9 aromatic carbocycles. The van der Waals surface area contributed by atoms with Crippen LogP contribution in [-0.4, -0.2) is 4.57 Å². The molecule has 1 heterocycles. The number of para-hydroxylation sites is 3. The predicted octanol–water partition coefficient (Wildman–Crippen LogP) is 13.4. The minimum atomic E-state index is 1.11. The van der Waals surface area contributed by atoms with Crippen LogP contribution in [0, 0.1) is 0 Å². The van der Waals surface area contributed by atoms with Crippen molar-refractivity contribution in [2.75, 3.05) is 4.90 Å². The van der Waals surface area contributed by atoms with E-state index in [9.17, 15) is 0 Å². The number of nitrogens with zero attached hydrogens (tertiary/aromatic N) is 2. The molecule has 0 N–H and O–H groups in total. The molecule has 0 radical (unpaired) electrons. The standard InChI is InChI=1S/C48H32N2/c1-3-15-35(16-4-1)49(46-24-13-25-47-48(46)42-22-11-12-23-45(42)50(47)36-17-5-2-6-18-36)37-29-26-34(27-30-37)43-32-44-38-19-8-7-14-33(38)28-31-41(44)39-20-9-10-21-40(39)43/h1-32H. The fourth-order valence-electron chi connectivity index (χ4n) is 7.94. The summed E-state index contributed by atoms with van der Waals surface area (Å²) in [7, 11) is 0. The van der Waals surface area contributed by atoms with Crippen LogP contribution in [0.4, 0.5) is 17.1 Å². The second kappa shape index (κ2) is 11.5. The monoisotopic (exact) mass is 636 g/mol.